The number of halogens is 1. The second-order valence-electron chi connectivity index (χ2n) is 8.77. The highest BCUT2D eigenvalue weighted by atomic mass is 35.5. The molecule has 1 aromatic carbocycles. The zero-order valence-electron chi connectivity index (χ0n) is 22.5. The van der Waals surface area contributed by atoms with Gasteiger partial charge in [0.15, 0.2) is 6.21 Å². The molecule has 0 N–H and O–H groups in total. The molecule has 0 aliphatic rings. The van der Waals surface area contributed by atoms with Gasteiger partial charge < -0.3 is 22.0 Å². The van der Waals surface area contributed by atoms with Crippen LogP contribution in [0.15, 0.2) is 54.3 Å². The molecule has 194 valence electrons. The Morgan fingerprint density at radius 2 is 1.41 bits per heavy atom. The smallest absolute Gasteiger partial charge is 0.166 e. The van der Waals surface area contributed by atoms with E-state index >= 15 is 0 Å². The zero-order chi connectivity index (χ0) is 24.0. The topological polar surface area (TPSA) is 15.5 Å². The molecule has 0 aromatic heterocycles. The maximum Gasteiger partial charge on any atom is 0.166 e. The minimum atomic E-state index is 0. The fraction of sp³-hybridized carbons (Fsp3) is 0.633. The van der Waals surface area contributed by atoms with Crippen molar-refractivity contribution in [3.8, 4) is 0 Å². The Bertz CT molecular complexity index is 660. The lowest BCUT2D eigenvalue weighted by atomic mass is 10.0. The Morgan fingerprint density at radius 1 is 0.824 bits per heavy atom. The molecule has 0 amide bonds. The molecule has 0 unspecified atom stereocenters. The molecule has 0 saturated heterocycles. The summed E-state index contributed by atoms with van der Waals surface area (Å²) < 4.78 is 8.18. The molecule has 0 fully saturated rings. The molecule has 0 bridgehead atoms. The van der Waals surface area contributed by atoms with E-state index in [1.165, 1.54) is 68.9 Å². The van der Waals surface area contributed by atoms with Crippen LogP contribution in [0.25, 0.3) is 0 Å². The van der Waals surface area contributed by atoms with E-state index in [9.17, 15) is 0 Å². The van der Waals surface area contributed by atoms with E-state index in [0.717, 1.165) is 39.4 Å². The van der Waals surface area contributed by atoms with Gasteiger partial charge in [0.25, 0.3) is 0 Å². The lowest BCUT2D eigenvalue weighted by Crippen LogP contribution is -3.00. The van der Waals surface area contributed by atoms with E-state index in [-0.39, 0.29) is 12.4 Å². The van der Waals surface area contributed by atoms with Crippen molar-refractivity contribution in [2.24, 2.45) is 0 Å². The van der Waals surface area contributed by atoms with Crippen LogP contribution in [0.5, 0.6) is 0 Å². The molecule has 0 saturated carbocycles. The second-order valence-corrected chi connectivity index (χ2v) is 8.77. The normalized spacial score (nSPS) is 11.5. The maximum absolute atomic E-state index is 5.78. The maximum atomic E-state index is 5.78. The first-order chi connectivity index (χ1) is 16.2. The van der Waals surface area contributed by atoms with Crippen molar-refractivity contribution >= 4 is 6.21 Å². The van der Waals surface area contributed by atoms with Crippen molar-refractivity contribution < 1.29 is 21.7 Å². The van der Waals surface area contributed by atoms with Gasteiger partial charge in [-0.2, -0.15) is 0 Å². The van der Waals surface area contributed by atoms with E-state index in [1.807, 2.05) is 0 Å². The van der Waals surface area contributed by atoms with Crippen LogP contribution in [0.1, 0.15) is 91.0 Å². The van der Waals surface area contributed by atoms with Crippen molar-refractivity contribution in [2.75, 3.05) is 32.8 Å². The molecular weight excluding hydrogens is 440 g/mol. The summed E-state index contributed by atoms with van der Waals surface area (Å²) in [5.41, 5.74) is 2.72. The predicted octanol–water partition coefficient (Wildman–Crippen LogP) is 4.62. The third-order valence-electron chi connectivity index (χ3n) is 6.20. The van der Waals surface area contributed by atoms with E-state index in [2.05, 4.69) is 92.1 Å². The lowest BCUT2D eigenvalue weighted by molar-refractivity contribution is -0.515. The van der Waals surface area contributed by atoms with Crippen LogP contribution >= 0.6 is 0 Å². The Morgan fingerprint density at radius 3 is 2.00 bits per heavy atom. The molecule has 0 spiro atoms. The van der Waals surface area contributed by atoms with E-state index in [0.29, 0.717) is 0 Å². The Kier molecular flexibility index (Phi) is 22.1. The molecule has 0 aliphatic heterocycles. The molecule has 0 atom stereocenters. The summed E-state index contributed by atoms with van der Waals surface area (Å²) in [5.74, 6) is 0. The van der Waals surface area contributed by atoms with Gasteiger partial charge in [-0.25, -0.2) is 4.58 Å². The number of hydrogen-bond donors (Lipinski definition) is 0. The number of unbranched alkanes of at least 4 members (excludes halogenated alkanes) is 7. The molecule has 0 aliphatic carbocycles. The summed E-state index contributed by atoms with van der Waals surface area (Å²) in [6.07, 6.45) is 20.8. The van der Waals surface area contributed by atoms with Crippen LogP contribution in [0.2, 0.25) is 0 Å². The number of nitrogens with zero attached hydrogens (tertiary/aromatic N) is 2. The van der Waals surface area contributed by atoms with Gasteiger partial charge in [0.1, 0.15) is 13.1 Å². The molecule has 0 heterocycles. The average Bonchev–Trinajstić information content (AvgIpc) is 2.85. The Balaban J connectivity index is 0.0000109. The monoisotopic (exact) mass is 490 g/mol. The second kappa shape index (κ2) is 23.2. The van der Waals surface area contributed by atoms with Gasteiger partial charge in [0, 0.05) is 25.3 Å². The molecular formula is C30H51ClN2O. The molecule has 4 heteroatoms. The fourth-order valence-corrected chi connectivity index (χ4v) is 3.91. The van der Waals surface area contributed by atoms with Crippen molar-refractivity contribution in [3.63, 3.8) is 0 Å². The molecule has 1 aromatic rings. The van der Waals surface area contributed by atoms with Gasteiger partial charge in [-0.3, -0.25) is 0 Å². The largest absolute Gasteiger partial charge is 1.00 e. The Hall–Kier alpha value is -1.58. The summed E-state index contributed by atoms with van der Waals surface area (Å²) in [6.45, 7) is 14.8. The first-order valence-corrected chi connectivity index (χ1v) is 13.5. The van der Waals surface area contributed by atoms with Crippen molar-refractivity contribution in [2.45, 2.75) is 92.1 Å². The highest BCUT2D eigenvalue weighted by Crippen LogP contribution is 2.13. The Labute approximate surface area is 217 Å². The fourth-order valence-electron chi connectivity index (χ4n) is 3.91. The minimum Gasteiger partial charge on any atom is -1.00 e. The van der Waals surface area contributed by atoms with Crippen molar-refractivity contribution in [1.29, 1.82) is 0 Å². The number of rotatable bonds is 20. The highest BCUT2D eigenvalue weighted by Gasteiger charge is 2.02. The minimum absolute atomic E-state index is 0. The summed E-state index contributed by atoms with van der Waals surface area (Å²) in [5, 5.41) is 0. The van der Waals surface area contributed by atoms with Gasteiger partial charge >= 0.3 is 0 Å². The van der Waals surface area contributed by atoms with Gasteiger partial charge in [0.05, 0.1) is 6.61 Å². The van der Waals surface area contributed by atoms with Crippen molar-refractivity contribution in [1.82, 2.24) is 4.90 Å². The highest BCUT2D eigenvalue weighted by molar-refractivity contribution is 5.74. The van der Waals surface area contributed by atoms with Gasteiger partial charge in [0.2, 0.25) is 0 Å². The first-order valence-electron chi connectivity index (χ1n) is 13.5. The van der Waals surface area contributed by atoms with Gasteiger partial charge in [-0.05, 0) is 64.8 Å². The van der Waals surface area contributed by atoms with E-state index in [4.69, 9.17) is 4.74 Å². The summed E-state index contributed by atoms with van der Waals surface area (Å²) >= 11 is 0. The summed E-state index contributed by atoms with van der Waals surface area (Å²) in [6, 6.07) is 10.5. The predicted molar refractivity (Wildman–Crippen MR) is 145 cm³/mol. The lowest BCUT2D eigenvalue weighted by Gasteiger charge is -2.13. The molecule has 1 rings (SSSR count). The standard InChI is InChI=1S/C30H51N2O.ClH/c1-5-31(6-2)25-20-24-29(27-32(7-3)8-4)21-16-13-11-9-10-12-14-19-26-33-28-30-22-17-15-18-23-30;/h15,17-18,20,22-25,27H,5-14,16,19,21,26,28H2,1-4H3;1H/q+1;/p-1. The molecule has 0 radical (unpaired) electrons. The van der Waals surface area contributed by atoms with Crippen LogP contribution < -0.4 is 12.4 Å². The van der Waals surface area contributed by atoms with Crippen molar-refractivity contribution in [3.05, 3.63) is 59.8 Å². The summed E-state index contributed by atoms with van der Waals surface area (Å²) in [4.78, 5) is 2.33. The van der Waals surface area contributed by atoms with E-state index in [1.54, 1.807) is 0 Å². The molecule has 34 heavy (non-hydrogen) atoms. The van der Waals surface area contributed by atoms with Crippen LogP contribution in [0.4, 0.5) is 0 Å². The summed E-state index contributed by atoms with van der Waals surface area (Å²) in [7, 11) is 0. The first kappa shape index (κ1) is 32.4. The van der Waals surface area contributed by atoms with Gasteiger partial charge in [-0.1, -0.05) is 74.9 Å². The third kappa shape index (κ3) is 16.9. The van der Waals surface area contributed by atoms with Crippen LogP contribution in [-0.4, -0.2) is 48.5 Å². The van der Waals surface area contributed by atoms with E-state index < -0.39 is 0 Å². The molecule has 3 nitrogen and oxygen atoms in total. The number of allylic oxidation sites excluding steroid dienone is 3. The third-order valence-corrected chi connectivity index (χ3v) is 6.20. The van der Waals surface area contributed by atoms with Crippen LogP contribution in [0, 0.1) is 0 Å². The number of benzene rings is 1. The number of ether oxygens (including phenoxy) is 1. The average molecular weight is 491 g/mol. The quantitative estimate of drug-likeness (QED) is 0.115. The van der Waals surface area contributed by atoms with Crippen LogP contribution in [0.3, 0.4) is 0 Å². The van der Waals surface area contributed by atoms with Gasteiger partial charge in [-0.15, -0.1) is 0 Å². The SMILES string of the molecule is CCN(/C=C/C=C(/C=[N+](CC)CC)CCCCCCCCCCOCc1ccccc1)CC.[Cl-]. The number of hydrogen-bond acceptors (Lipinski definition) is 2. The zero-order valence-corrected chi connectivity index (χ0v) is 23.2. The van der Waals surface area contributed by atoms with Crippen LogP contribution in [-0.2, 0) is 11.3 Å².